The number of alkyl halides is 3. The molecule has 1 aromatic heterocycles. The second-order valence-corrected chi connectivity index (χ2v) is 6.20. The van der Waals surface area contributed by atoms with Gasteiger partial charge in [-0.25, -0.2) is 4.98 Å². The highest BCUT2D eigenvalue weighted by atomic mass is 19.4. The van der Waals surface area contributed by atoms with Crippen LogP contribution in [0.15, 0.2) is 18.3 Å². The number of carbonyl (C=O) groups excluding carboxylic acids is 1. The van der Waals surface area contributed by atoms with Crippen molar-refractivity contribution < 1.29 is 22.7 Å². The summed E-state index contributed by atoms with van der Waals surface area (Å²) in [5, 5.41) is 0. The lowest BCUT2D eigenvalue weighted by molar-refractivity contribution is -0.154. The van der Waals surface area contributed by atoms with E-state index in [9.17, 15) is 18.0 Å². The molecule has 1 aromatic rings. The van der Waals surface area contributed by atoms with Crippen molar-refractivity contribution in [1.29, 1.82) is 0 Å². The maximum absolute atomic E-state index is 12.6. The predicted molar refractivity (Wildman–Crippen MR) is 82.9 cm³/mol. The van der Waals surface area contributed by atoms with Gasteiger partial charge in [0.25, 0.3) is 5.91 Å². The molecule has 0 N–H and O–H groups in total. The van der Waals surface area contributed by atoms with Crippen LogP contribution < -0.4 is 4.74 Å². The summed E-state index contributed by atoms with van der Waals surface area (Å²) in [6.07, 6.45) is -2.17. The van der Waals surface area contributed by atoms with Gasteiger partial charge in [0.05, 0.1) is 5.56 Å². The number of halogens is 3. The summed E-state index contributed by atoms with van der Waals surface area (Å²) in [4.78, 5) is 20.2. The van der Waals surface area contributed by atoms with Crippen LogP contribution in [0.25, 0.3) is 0 Å². The van der Waals surface area contributed by atoms with Crippen LogP contribution in [0.4, 0.5) is 13.2 Å². The third-order valence-corrected chi connectivity index (χ3v) is 4.25. The van der Waals surface area contributed by atoms with Crippen molar-refractivity contribution in [3.8, 4) is 5.88 Å². The van der Waals surface area contributed by atoms with Crippen LogP contribution >= 0.6 is 0 Å². The number of likely N-dealkylation sites (tertiary alicyclic amines) is 1. The molecule has 1 aliphatic heterocycles. The van der Waals surface area contributed by atoms with Gasteiger partial charge in [0, 0.05) is 31.4 Å². The maximum atomic E-state index is 12.6. The van der Waals surface area contributed by atoms with Crippen molar-refractivity contribution in [2.45, 2.75) is 25.6 Å². The summed E-state index contributed by atoms with van der Waals surface area (Å²) in [6, 6.07) is 3.04. The van der Waals surface area contributed by atoms with Gasteiger partial charge in [-0.15, -0.1) is 0 Å². The number of nitrogens with zero attached hydrogens (tertiary/aromatic N) is 3. The van der Waals surface area contributed by atoms with Crippen LogP contribution in [0, 0.1) is 5.92 Å². The lowest BCUT2D eigenvalue weighted by Crippen LogP contribution is -2.36. The van der Waals surface area contributed by atoms with E-state index in [-0.39, 0.29) is 11.8 Å². The minimum Gasteiger partial charge on any atom is -0.468 e. The Balaban J connectivity index is 2.00. The zero-order valence-corrected chi connectivity index (χ0v) is 14.0. The highest BCUT2D eigenvalue weighted by Gasteiger charge is 2.35. The highest BCUT2D eigenvalue weighted by molar-refractivity contribution is 5.94. The van der Waals surface area contributed by atoms with Crippen molar-refractivity contribution in [2.75, 3.05) is 33.8 Å². The monoisotopic (exact) mass is 345 g/mol. The number of aromatic nitrogens is 1. The summed E-state index contributed by atoms with van der Waals surface area (Å²) in [5.41, 5.74) is 0.351. The largest absolute Gasteiger partial charge is 0.468 e. The number of pyridine rings is 1. The predicted octanol–water partition coefficient (Wildman–Crippen LogP) is 2.43. The third-order valence-electron chi connectivity index (χ3n) is 4.25. The normalized spacial score (nSPS) is 21.4. The SMILES string of the molecule is CCC1CN(C(=O)c2ccc(OCC(F)(F)F)nc2)CC1N(C)C. The van der Waals surface area contributed by atoms with Crippen LogP contribution in [0.2, 0.25) is 0 Å². The average molecular weight is 345 g/mol. The highest BCUT2D eigenvalue weighted by Crippen LogP contribution is 2.25. The molecule has 0 aliphatic carbocycles. The van der Waals surface area contributed by atoms with E-state index in [0.717, 1.165) is 6.42 Å². The first-order valence-electron chi connectivity index (χ1n) is 7.82. The van der Waals surface area contributed by atoms with Crippen LogP contribution in [0.5, 0.6) is 5.88 Å². The molecule has 0 radical (unpaired) electrons. The molecule has 1 saturated heterocycles. The Kier molecular flexibility index (Phi) is 5.69. The number of likely N-dealkylation sites (N-methyl/N-ethyl adjacent to an activating group) is 1. The van der Waals surface area contributed by atoms with E-state index >= 15 is 0 Å². The van der Waals surface area contributed by atoms with E-state index in [4.69, 9.17) is 0 Å². The summed E-state index contributed by atoms with van der Waals surface area (Å²) >= 11 is 0. The molecule has 0 bridgehead atoms. The number of ether oxygens (including phenoxy) is 1. The second-order valence-electron chi connectivity index (χ2n) is 6.20. The molecule has 2 unspecified atom stereocenters. The van der Waals surface area contributed by atoms with Crippen LogP contribution in [0.1, 0.15) is 23.7 Å². The molecular formula is C16H22F3N3O2. The summed E-state index contributed by atoms with van der Waals surface area (Å²) in [5.74, 6) is 0.0990. The van der Waals surface area contributed by atoms with E-state index in [0.29, 0.717) is 30.6 Å². The molecule has 0 saturated carbocycles. The van der Waals surface area contributed by atoms with Gasteiger partial charge in [-0.05, 0) is 26.1 Å². The minimum absolute atomic E-state index is 0.150. The fourth-order valence-corrected chi connectivity index (χ4v) is 2.94. The molecule has 0 aromatic carbocycles. The summed E-state index contributed by atoms with van der Waals surface area (Å²) in [7, 11) is 3.99. The molecule has 1 amide bonds. The Hall–Kier alpha value is -1.83. The van der Waals surface area contributed by atoms with Gasteiger partial charge in [0.1, 0.15) is 0 Å². The lowest BCUT2D eigenvalue weighted by atomic mass is 10.0. The van der Waals surface area contributed by atoms with Gasteiger partial charge in [0.15, 0.2) is 6.61 Å². The Bertz CT molecular complexity index is 561. The van der Waals surface area contributed by atoms with Gasteiger partial charge in [-0.2, -0.15) is 13.2 Å². The maximum Gasteiger partial charge on any atom is 0.422 e. The van der Waals surface area contributed by atoms with Crippen molar-refractivity contribution in [1.82, 2.24) is 14.8 Å². The van der Waals surface area contributed by atoms with Gasteiger partial charge < -0.3 is 14.5 Å². The first kappa shape index (κ1) is 18.5. The number of amides is 1. The zero-order chi connectivity index (χ0) is 17.9. The van der Waals surface area contributed by atoms with Gasteiger partial charge in [-0.3, -0.25) is 4.79 Å². The average Bonchev–Trinajstić information content (AvgIpc) is 2.96. The van der Waals surface area contributed by atoms with E-state index in [2.05, 4.69) is 21.5 Å². The molecule has 2 rings (SSSR count). The standard InChI is InChI=1S/C16H22F3N3O2/c1-4-11-8-22(9-13(11)21(2)3)15(23)12-5-6-14(20-7-12)24-10-16(17,18)19/h5-7,11,13H,4,8-10H2,1-3H3. The van der Waals surface area contributed by atoms with Crippen molar-refractivity contribution in [3.05, 3.63) is 23.9 Å². The van der Waals surface area contributed by atoms with E-state index < -0.39 is 12.8 Å². The van der Waals surface area contributed by atoms with Gasteiger partial charge >= 0.3 is 6.18 Å². The summed E-state index contributed by atoms with van der Waals surface area (Å²) in [6.45, 7) is 2.01. The fraction of sp³-hybridized carbons (Fsp3) is 0.625. The number of carbonyl (C=O) groups is 1. The van der Waals surface area contributed by atoms with Crippen molar-refractivity contribution in [3.63, 3.8) is 0 Å². The molecule has 134 valence electrons. The number of rotatable bonds is 5. The lowest BCUT2D eigenvalue weighted by Gasteiger charge is -2.23. The first-order chi connectivity index (χ1) is 11.2. The zero-order valence-electron chi connectivity index (χ0n) is 14.0. The third kappa shape index (κ3) is 4.59. The number of hydrogen-bond acceptors (Lipinski definition) is 4. The Morgan fingerprint density at radius 1 is 1.38 bits per heavy atom. The van der Waals surface area contributed by atoms with Crippen molar-refractivity contribution in [2.24, 2.45) is 5.92 Å². The Morgan fingerprint density at radius 2 is 2.08 bits per heavy atom. The van der Waals surface area contributed by atoms with Crippen LogP contribution in [-0.4, -0.2) is 66.7 Å². The smallest absolute Gasteiger partial charge is 0.422 e. The molecule has 5 nitrogen and oxygen atoms in total. The quantitative estimate of drug-likeness (QED) is 0.822. The van der Waals surface area contributed by atoms with Gasteiger partial charge in [0.2, 0.25) is 5.88 Å². The van der Waals surface area contributed by atoms with Crippen molar-refractivity contribution >= 4 is 5.91 Å². The topological polar surface area (TPSA) is 45.7 Å². The Labute approximate surface area is 139 Å². The molecule has 2 heterocycles. The molecule has 1 aliphatic rings. The molecular weight excluding hydrogens is 323 g/mol. The summed E-state index contributed by atoms with van der Waals surface area (Å²) < 4.78 is 40.9. The molecule has 2 atom stereocenters. The van der Waals surface area contributed by atoms with E-state index in [1.54, 1.807) is 4.90 Å². The molecule has 0 spiro atoms. The van der Waals surface area contributed by atoms with Gasteiger partial charge in [-0.1, -0.05) is 13.3 Å². The number of hydrogen-bond donors (Lipinski definition) is 0. The molecule has 1 fully saturated rings. The Morgan fingerprint density at radius 3 is 2.54 bits per heavy atom. The van der Waals surface area contributed by atoms with Crippen LogP contribution in [0.3, 0.4) is 0 Å². The van der Waals surface area contributed by atoms with E-state index in [1.165, 1.54) is 18.3 Å². The molecule has 24 heavy (non-hydrogen) atoms. The minimum atomic E-state index is -4.41. The van der Waals surface area contributed by atoms with Crippen LogP contribution in [-0.2, 0) is 0 Å². The molecule has 8 heteroatoms. The first-order valence-corrected chi connectivity index (χ1v) is 7.82. The van der Waals surface area contributed by atoms with E-state index in [1.807, 2.05) is 14.1 Å². The second kappa shape index (κ2) is 7.38. The fourth-order valence-electron chi connectivity index (χ4n) is 2.94.